The maximum absolute atomic E-state index is 9.47. The van der Waals surface area contributed by atoms with Crippen LogP contribution in [-0.2, 0) is 6.54 Å². The third-order valence-corrected chi connectivity index (χ3v) is 3.76. The van der Waals surface area contributed by atoms with Gasteiger partial charge >= 0.3 is 0 Å². The van der Waals surface area contributed by atoms with E-state index in [1.165, 1.54) is 0 Å². The average molecular weight is 264 g/mol. The van der Waals surface area contributed by atoms with E-state index in [1.807, 2.05) is 6.07 Å². The van der Waals surface area contributed by atoms with Crippen molar-refractivity contribution in [3.63, 3.8) is 0 Å². The number of nitrogens with one attached hydrogen (secondary N) is 1. The Morgan fingerprint density at radius 2 is 1.89 bits per heavy atom. The Balaban J connectivity index is 1.55. The van der Waals surface area contributed by atoms with Gasteiger partial charge in [0.05, 0.1) is 18.0 Å². The minimum Gasteiger partial charge on any atom is -0.486 e. The monoisotopic (exact) mass is 264 g/mol. The van der Waals surface area contributed by atoms with E-state index in [4.69, 9.17) is 9.47 Å². The average Bonchev–Trinajstić information content (AvgIpc) is 2.46. The number of aliphatic hydroxyl groups excluding tert-OH is 1. The molecule has 0 atom stereocenters. The molecule has 0 unspecified atom stereocenters. The highest BCUT2D eigenvalue weighted by Gasteiger charge is 2.19. The SMILES string of the molecule is OC1CCC(NCc2cc3c(cn2)OCCO3)CC1. The molecule has 1 saturated carbocycles. The summed E-state index contributed by atoms with van der Waals surface area (Å²) in [5.74, 6) is 1.52. The number of hydrogen-bond acceptors (Lipinski definition) is 5. The van der Waals surface area contributed by atoms with Crippen molar-refractivity contribution < 1.29 is 14.6 Å². The van der Waals surface area contributed by atoms with Crippen molar-refractivity contribution in [2.75, 3.05) is 13.2 Å². The molecule has 3 rings (SSSR count). The summed E-state index contributed by atoms with van der Waals surface area (Å²) in [6.45, 7) is 1.93. The van der Waals surface area contributed by atoms with Gasteiger partial charge in [0, 0.05) is 18.7 Å². The lowest BCUT2D eigenvalue weighted by molar-refractivity contribution is 0.116. The van der Waals surface area contributed by atoms with Crippen molar-refractivity contribution >= 4 is 0 Å². The maximum Gasteiger partial charge on any atom is 0.179 e. The van der Waals surface area contributed by atoms with Crippen molar-refractivity contribution in [2.24, 2.45) is 0 Å². The zero-order valence-corrected chi connectivity index (χ0v) is 11.0. The maximum atomic E-state index is 9.47. The van der Waals surface area contributed by atoms with Gasteiger partial charge in [0.25, 0.3) is 0 Å². The van der Waals surface area contributed by atoms with Gasteiger partial charge in [-0.2, -0.15) is 0 Å². The number of ether oxygens (including phenoxy) is 2. The van der Waals surface area contributed by atoms with Gasteiger partial charge in [0.1, 0.15) is 13.2 Å². The van der Waals surface area contributed by atoms with Gasteiger partial charge < -0.3 is 19.9 Å². The van der Waals surface area contributed by atoms with Crippen molar-refractivity contribution in [3.05, 3.63) is 18.0 Å². The standard InChI is InChI=1S/C14H20N2O3/c17-12-3-1-10(2-4-12)15-8-11-7-13-14(9-16-11)19-6-5-18-13/h7,9-10,12,15,17H,1-6,8H2. The summed E-state index contributed by atoms with van der Waals surface area (Å²) in [6, 6.07) is 2.43. The first-order valence-corrected chi connectivity index (χ1v) is 6.97. The minimum absolute atomic E-state index is 0.106. The molecule has 1 aromatic heterocycles. The summed E-state index contributed by atoms with van der Waals surface area (Å²) < 4.78 is 11.0. The second-order valence-corrected chi connectivity index (χ2v) is 5.21. The fourth-order valence-corrected chi connectivity index (χ4v) is 2.61. The van der Waals surface area contributed by atoms with E-state index >= 15 is 0 Å². The number of pyridine rings is 1. The van der Waals surface area contributed by atoms with Crippen molar-refractivity contribution in [1.82, 2.24) is 10.3 Å². The fourth-order valence-electron chi connectivity index (χ4n) is 2.61. The van der Waals surface area contributed by atoms with Gasteiger partial charge in [-0.3, -0.25) is 4.98 Å². The fraction of sp³-hybridized carbons (Fsp3) is 0.643. The van der Waals surface area contributed by atoms with E-state index in [0.717, 1.165) is 49.4 Å². The van der Waals surface area contributed by atoms with E-state index in [2.05, 4.69) is 10.3 Å². The number of fused-ring (bicyclic) bond motifs is 1. The summed E-state index contributed by atoms with van der Waals surface area (Å²) in [6.07, 6.45) is 5.48. The van der Waals surface area contributed by atoms with Crippen LogP contribution in [0, 0.1) is 0 Å². The van der Waals surface area contributed by atoms with Crippen LogP contribution in [0.5, 0.6) is 11.5 Å². The second-order valence-electron chi connectivity index (χ2n) is 5.21. The Kier molecular flexibility index (Phi) is 3.84. The molecular weight excluding hydrogens is 244 g/mol. The van der Waals surface area contributed by atoms with E-state index in [1.54, 1.807) is 6.20 Å². The Morgan fingerprint density at radius 3 is 2.68 bits per heavy atom. The third kappa shape index (κ3) is 3.16. The highest BCUT2D eigenvalue weighted by atomic mass is 16.6. The highest BCUT2D eigenvalue weighted by molar-refractivity contribution is 5.39. The molecule has 5 nitrogen and oxygen atoms in total. The van der Waals surface area contributed by atoms with Crippen LogP contribution >= 0.6 is 0 Å². The normalized spacial score (nSPS) is 26.2. The molecule has 0 saturated heterocycles. The molecule has 0 radical (unpaired) electrons. The molecule has 0 aromatic carbocycles. The molecule has 19 heavy (non-hydrogen) atoms. The summed E-state index contributed by atoms with van der Waals surface area (Å²) >= 11 is 0. The topological polar surface area (TPSA) is 63.6 Å². The van der Waals surface area contributed by atoms with E-state index < -0.39 is 0 Å². The quantitative estimate of drug-likeness (QED) is 0.860. The molecule has 2 heterocycles. The van der Waals surface area contributed by atoms with Crippen LogP contribution in [-0.4, -0.2) is 35.5 Å². The van der Waals surface area contributed by atoms with Gasteiger partial charge in [-0.05, 0) is 25.7 Å². The van der Waals surface area contributed by atoms with Crippen molar-refractivity contribution in [2.45, 2.75) is 44.4 Å². The minimum atomic E-state index is -0.106. The summed E-state index contributed by atoms with van der Waals surface area (Å²) in [5, 5.41) is 13.0. The molecule has 2 aliphatic rings. The Bertz CT molecular complexity index is 431. The van der Waals surface area contributed by atoms with Gasteiger partial charge in [-0.15, -0.1) is 0 Å². The molecule has 0 bridgehead atoms. The van der Waals surface area contributed by atoms with Crippen LogP contribution in [0.2, 0.25) is 0 Å². The molecule has 104 valence electrons. The van der Waals surface area contributed by atoms with Gasteiger partial charge in [0.15, 0.2) is 11.5 Å². The number of nitrogens with zero attached hydrogens (tertiary/aromatic N) is 1. The zero-order chi connectivity index (χ0) is 13.1. The highest BCUT2D eigenvalue weighted by Crippen LogP contribution is 2.29. The van der Waals surface area contributed by atoms with Crippen LogP contribution in [0.1, 0.15) is 31.4 Å². The molecule has 0 amide bonds. The van der Waals surface area contributed by atoms with Crippen molar-refractivity contribution in [1.29, 1.82) is 0 Å². The number of aromatic nitrogens is 1. The third-order valence-electron chi connectivity index (χ3n) is 3.76. The van der Waals surface area contributed by atoms with E-state index in [-0.39, 0.29) is 6.10 Å². The first-order chi connectivity index (χ1) is 9.31. The van der Waals surface area contributed by atoms with E-state index in [9.17, 15) is 5.11 Å². The lowest BCUT2D eigenvalue weighted by Gasteiger charge is -2.26. The van der Waals surface area contributed by atoms with Gasteiger partial charge in [-0.1, -0.05) is 0 Å². The Morgan fingerprint density at radius 1 is 1.16 bits per heavy atom. The van der Waals surface area contributed by atoms with Gasteiger partial charge in [-0.25, -0.2) is 0 Å². The predicted molar refractivity (Wildman–Crippen MR) is 70.3 cm³/mol. The number of rotatable bonds is 3. The first kappa shape index (κ1) is 12.7. The summed E-state index contributed by atoms with van der Waals surface area (Å²) in [4.78, 5) is 4.37. The lowest BCUT2D eigenvalue weighted by atomic mass is 9.93. The van der Waals surface area contributed by atoms with Crippen LogP contribution < -0.4 is 14.8 Å². The molecule has 1 fully saturated rings. The van der Waals surface area contributed by atoms with Crippen LogP contribution in [0.3, 0.4) is 0 Å². The largest absolute Gasteiger partial charge is 0.486 e. The first-order valence-electron chi connectivity index (χ1n) is 6.97. The van der Waals surface area contributed by atoms with E-state index in [0.29, 0.717) is 19.3 Å². The van der Waals surface area contributed by atoms with Crippen LogP contribution in [0.15, 0.2) is 12.3 Å². The molecule has 1 aliphatic heterocycles. The predicted octanol–water partition coefficient (Wildman–Crippen LogP) is 1.25. The van der Waals surface area contributed by atoms with Crippen LogP contribution in [0.25, 0.3) is 0 Å². The molecule has 5 heteroatoms. The lowest BCUT2D eigenvalue weighted by Crippen LogP contribution is -2.34. The molecule has 2 N–H and O–H groups in total. The zero-order valence-electron chi connectivity index (χ0n) is 11.0. The Labute approximate surface area is 112 Å². The summed E-state index contributed by atoms with van der Waals surface area (Å²) in [7, 11) is 0. The van der Waals surface area contributed by atoms with Crippen LogP contribution in [0.4, 0.5) is 0 Å². The van der Waals surface area contributed by atoms with Crippen molar-refractivity contribution in [3.8, 4) is 11.5 Å². The molecule has 0 spiro atoms. The number of hydrogen-bond donors (Lipinski definition) is 2. The molecule has 1 aromatic rings. The smallest absolute Gasteiger partial charge is 0.179 e. The number of aliphatic hydroxyl groups is 1. The molecular formula is C14H20N2O3. The Hall–Kier alpha value is -1.33. The second kappa shape index (κ2) is 5.75. The van der Waals surface area contributed by atoms with Gasteiger partial charge in [0.2, 0.25) is 0 Å². The summed E-state index contributed by atoms with van der Waals surface area (Å²) in [5.41, 5.74) is 0.968. The molecule has 1 aliphatic carbocycles.